The molecule has 0 saturated carbocycles. The maximum Gasteiger partial charge on any atom is 0.344 e. The van der Waals surface area contributed by atoms with Crippen LogP contribution in [-0.2, 0) is 4.74 Å². The second kappa shape index (κ2) is 5.79. The molecule has 2 nitrogen and oxygen atoms in total. The van der Waals surface area contributed by atoms with E-state index in [1.165, 1.54) is 6.07 Å². The van der Waals surface area contributed by atoms with E-state index in [0.29, 0.717) is 5.56 Å². The Morgan fingerprint density at radius 3 is 1.95 bits per heavy atom. The highest BCUT2D eigenvalue weighted by molar-refractivity contribution is 5.91. The summed E-state index contributed by atoms with van der Waals surface area (Å²) in [6.07, 6.45) is 0. The van der Waals surface area contributed by atoms with E-state index in [9.17, 15) is 22.4 Å². The lowest BCUT2D eigenvalue weighted by Crippen LogP contribution is -2.13. The fraction of sp³-hybridized carbons (Fsp3) is 0.188. The molecular formula is C16H12F4O2. The molecule has 0 saturated heterocycles. The predicted octanol–water partition coefficient (Wildman–Crippen LogP) is 4.31. The van der Waals surface area contributed by atoms with Gasteiger partial charge in [-0.1, -0.05) is 23.8 Å². The molecule has 0 spiro atoms. The second-order valence-corrected chi connectivity index (χ2v) is 4.82. The summed E-state index contributed by atoms with van der Waals surface area (Å²) in [4.78, 5) is 11.3. The van der Waals surface area contributed by atoms with Crippen LogP contribution in [0.25, 0.3) is 11.1 Å². The fourth-order valence-corrected chi connectivity index (χ4v) is 2.24. The number of ether oxygens (including phenoxy) is 1. The third-order valence-electron chi connectivity index (χ3n) is 3.30. The van der Waals surface area contributed by atoms with Crippen molar-refractivity contribution < 1.29 is 27.1 Å². The van der Waals surface area contributed by atoms with Gasteiger partial charge in [-0.25, -0.2) is 22.4 Å². The fourth-order valence-electron chi connectivity index (χ4n) is 2.24. The van der Waals surface area contributed by atoms with Crippen LogP contribution in [0.4, 0.5) is 17.6 Å². The first-order valence-corrected chi connectivity index (χ1v) is 6.31. The zero-order valence-corrected chi connectivity index (χ0v) is 12.1. The number of rotatable bonds is 2. The van der Waals surface area contributed by atoms with Gasteiger partial charge in [0.05, 0.1) is 12.7 Å². The summed E-state index contributed by atoms with van der Waals surface area (Å²) in [6.45, 7) is 3.33. The lowest BCUT2D eigenvalue weighted by atomic mass is 9.96. The zero-order valence-electron chi connectivity index (χ0n) is 12.1. The van der Waals surface area contributed by atoms with E-state index in [2.05, 4.69) is 4.74 Å². The summed E-state index contributed by atoms with van der Waals surface area (Å²) in [5, 5.41) is 0. The van der Waals surface area contributed by atoms with Crippen molar-refractivity contribution >= 4 is 5.97 Å². The molecule has 2 aromatic carbocycles. The SMILES string of the molecule is COC(=O)c1c(F)c(F)c(-c2ccc(C)cc2C)c(F)c1F. The van der Waals surface area contributed by atoms with E-state index in [4.69, 9.17) is 0 Å². The lowest BCUT2D eigenvalue weighted by Gasteiger charge is -2.13. The summed E-state index contributed by atoms with van der Waals surface area (Å²) < 4.78 is 60.4. The number of benzene rings is 2. The molecule has 116 valence electrons. The third-order valence-corrected chi connectivity index (χ3v) is 3.30. The summed E-state index contributed by atoms with van der Waals surface area (Å²) in [7, 11) is 0.856. The van der Waals surface area contributed by atoms with Crippen LogP contribution in [0, 0.1) is 37.1 Å². The van der Waals surface area contributed by atoms with E-state index in [1.807, 2.05) is 0 Å². The Bertz CT molecular complexity index is 740. The molecule has 0 N–H and O–H groups in total. The van der Waals surface area contributed by atoms with Crippen LogP contribution in [0.3, 0.4) is 0 Å². The van der Waals surface area contributed by atoms with Crippen LogP contribution >= 0.6 is 0 Å². The summed E-state index contributed by atoms with van der Waals surface area (Å²) >= 11 is 0. The first kappa shape index (κ1) is 16.0. The van der Waals surface area contributed by atoms with Crippen molar-refractivity contribution in [2.45, 2.75) is 13.8 Å². The number of aryl methyl sites for hydroxylation is 2. The van der Waals surface area contributed by atoms with Crippen molar-refractivity contribution in [2.24, 2.45) is 0 Å². The highest BCUT2D eigenvalue weighted by atomic mass is 19.2. The molecule has 0 aliphatic rings. The molecule has 0 aliphatic heterocycles. The quantitative estimate of drug-likeness (QED) is 0.469. The van der Waals surface area contributed by atoms with E-state index in [-0.39, 0.29) is 5.56 Å². The van der Waals surface area contributed by atoms with Crippen LogP contribution in [0.15, 0.2) is 18.2 Å². The average Bonchev–Trinajstić information content (AvgIpc) is 2.47. The maximum atomic E-state index is 14.2. The number of carbonyl (C=O) groups excluding carboxylic acids is 1. The van der Waals surface area contributed by atoms with Crippen molar-refractivity contribution in [1.29, 1.82) is 0 Å². The zero-order chi connectivity index (χ0) is 16.6. The van der Waals surface area contributed by atoms with Gasteiger partial charge >= 0.3 is 5.97 Å². The van der Waals surface area contributed by atoms with Gasteiger partial charge in [0.15, 0.2) is 23.3 Å². The van der Waals surface area contributed by atoms with Gasteiger partial charge < -0.3 is 4.74 Å². The Morgan fingerprint density at radius 1 is 0.955 bits per heavy atom. The minimum absolute atomic E-state index is 0.00909. The maximum absolute atomic E-state index is 14.2. The topological polar surface area (TPSA) is 26.3 Å². The van der Waals surface area contributed by atoms with E-state index in [0.717, 1.165) is 12.7 Å². The largest absolute Gasteiger partial charge is 0.465 e. The van der Waals surface area contributed by atoms with Crippen molar-refractivity contribution in [3.05, 3.63) is 58.2 Å². The van der Waals surface area contributed by atoms with Crippen LogP contribution in [0.1, 0.15) is 21.5 Å². The predicted molar refractivity (Wildman–Crippen MR) is 72.5 cm³/mol. The Labute approximate surface area is 124 Å². The molecule has 2 rings (SSSR count). The van der Waals surface area contributed by atoms with Gasteiger partial charge in [0.25, 0.3) is 0 Å². The number of methoxy groups -OCH3 is 1. The highest BCUT2D eigenvalue weighted by Crippen LogP contribution is 2.34. The molecule has 2 aromatic rings. The van der Waals surface area contributed by atoms with Crippen LogP contribution in [0.5, 0.6) is 0 Å². The molecule has 0 radical (unpaired) electrons. The lowest BCUT2D eigenvalue weighted by molar-refractivity contribution is 0.0587. The monoisotopic (exact) mass is 312 g/mol. The summed E-state index contributed by atoms with van der Waals surface area (Å²) in [5.74, 6) is -8.31. The molecule has 0 unspecified atom stereocenters. The minimum atomic E-state index is -1.78. The second-order valence-electron chi connectivity index (χ2n) is 4.82. The Hall–Kier alpha value is -2.37. The Morgan fingerprint density at radius 2 is 1.50 bits per heavy atom. The van der Waals surface area contributed by atoms with Crippen molar-refractivity contribution in [2.75, 3.05) is 7.11 Å². The average molecular weight is 312 g/mol. The van der Waals surface area contributed by atoms with Gasteiger partial charge in [-0.2, -0.15) is 0 Å². The van der Waals surface area contributed by atoms with Gasteiger partial charge in [-0.3, -0.25) is 0 Å². The molecule has 0 atom stereocenters. The smallest absolute Gasteiger partial charge is 0.344 e. The normalized spacial score (nSPS) is 10.7. The molecular weight excluding hydrogens is 300 g/mol. The van der Waals surface area contributed by atoms with Crippen molar-refractivity contribution in [1.82, 2.24) is 0 Å². The molecule has 0 heterocycles. The van der Waals surface area contributed by atoms with E-state index in [1.54, 1.807) is 26.0 Å². The van der Waals surface area contributed by atoms with Gasteiger partial charge in [-0.15, -0.1) is 0 Å². The van der Waals surface area contributed by atoms with Gasteiger partial charge in [0, 0.05) is 0 Å². The number of halogens is 4. The number of hydrogen-bond acceptors (Lipinski definition) is 2. The standard InChI is InChI=1S/C16H12F4O2/c1-7-4-5-9(8(2)6-7)10-12(17)14(19)11(16(21)22-3)15(20)13(10)18/h4-6H,1-3H3. The molecule has 0 bridgehead atoms. The molecule has 22 heavy (non-hydrogen) atoms. The molecule has 0 aromatic heterocycles. The molecule has 0 aliphatic carbocycles. The van der Waals surface area contributed by atoms with E-state index < -0.39 is 40.4 Å². The number of carbonyl (C=O) groups is 1. The Balaban J connectivity index is 2.82. The van der Waals surface area contributed by atoms with Crippen LogP contribution < -0.4 is 0 Å². The van der Waals surface area contributed by atoms with Crippen molar-refractivity contribution in [3.8, 4) is 11.1 Å². The number of esters is 1. The van der Waals surface area contributed by atoms with Crippen LogP contribution in [0.2, 0.25) is 0 Å². The summed E-state index contributed by atoms with van der Waals surface area (Å²) in [5.41, 5.74) is -0.947. The molecule has 6 heteroatoms. The molecule has 0 amide bonds. The van der Waals surface area contributed by atoms with Gasteiger partial charge in [-0.05, 0) is 25.0 Å². The van der Waals surface area contributed by atoms with Gasteiger partial charge in [0.2, 0.25) is 0 Å². The highest BCUT2D eigenvalue weighted by Gasteiger charge is 2.30. The van der Waals surface area contributed by atoms with Gasteiger partial charge in [0.1, 0.15) is 5.56 Å². The third kappa shape index (κ3) is 2.45. The summed E-state index contributed by atoms with van der Waals surface area (Å²) in [6, 6.07) is 4.55. The Kier molecular flexibility index (Phi) is 4.21. The van der Waals surface area contributed by atoms with E-state index >= 15 is 0 Å². The van der Waals surface area contributed by atoms with Crippen molar-refractivity contribution in [3.63, 3.8) is 0 Å². The van der Waals surface area contributed by atoms with Crippen LogP contribution in [-0.4, -0.2) is 13.1 Å². The molecule has 0 fully saturated rings. The first-order valence-electron chi connectivity index (χ1n) is 6.31. The minimum Gasteiger partial charge on any atom is -0.465 e. The number of hydrogen-bond donors (Lipinski definition) is 0. The first-order chi connectivity index (χ1) is 10.3.